The summed E-state index contributed by atoms with van der Waals surface area (Å²) in [6.45, 7) is 4.26. The SMILES string of the molecule is CC1(C)C(N)C1c1ccc(O)cc1Cl. The highest BCUT2D eigenvalue weighted by atomic mass is 35.5. The number of phenolic OH excluding ortho intramolecular Hbond substituents is 1. The summed E-state index contributed by atoms with van der Waals surface area (Å²) in [4.78, 5) is 0. The number of nitrogens with two attached hydrogens (primary N) is 1. The van der Waals surface area contributed by atoms with Gasteiger partial charge >= 0.3 is 0 Å². The van der Waals surface area contributed by atoms with Crippen molar-refractivity contribution in [1.29, 1.82) is 0 Å². The fourth-order valence-corrected chi connectivity index (χ4v) is 2.33. The van der Waals surface area contributed by atoms with E-state index >= 15 is 0 Å². The van der Waals surface area contributed by atoms with E-state index in [2.05, 4.69) is 13.8 Å². The predicted octanol–water partition coefficient (Wildman–Crippen LogP) is 2.50. The number of benzene rings is 1. The van der Waals surface area contributed by atoms with E-state index < -0.39 is 0 Å². The first-order valence-corrected chi connectivity index (χ1v) is 5.06. The van der Waals surface area contributed by atoms with Crippen LogP contribution in [-0.4, -0.2) is 11.1 Å². The average molecular weight is 212 g/mol. The molecular formula is C11H14ClNO. The fourth-order valence-electron chi connectivity index (χ4n) is 2.04. The highest BCUT2D eigenvalue weighted by Gasteiger charge is 2.56. The van der Waals surface area contributed by atoms with Crippen LogP contribution in [0.4, 0.5) is 0 Å². The van der Waals surface area contributed by atoms with E-state index in [1.165, 1.54) is 0 Å². The molecule has 0 spiro atoms. The number of phenols is 1. The molecule has 0 heterocycles. The molecule has 1 aromatic carbocycles. The molecule has 0 aromatic heterocycles. The molecule has 2 rings (SSSR count). The highest BCUT2D eigenvalue weighted by molar-refractivity contribution is 6.31. The van der Waals surface area contributed by atoms with Crippen molar-refractivity contribution in [2.45, 2.75) is 25.8 Å². The summed E-state index contributed by atoms with van der Waals surface area (Å²) in [7, 11) is 0. The van der Waals surface area contributed by atoms with Gasteiger partial charge in [0.1, 0.15) is 5.75 Å². The standard InChI is InChI=1S/C11H14ClNO/c1-11(2)9(10(11)13)7-4-3-6(14)5-8(7)12/h3-5,9-10,14H,13H2,1-2H3. The quantitative estimate of drug-likeness (QED) is 0.750. The highest BCUT2D eigenvalue weighted by Crippen LogP contribution is 2.58. The summed E-state index contributed by atoms with van der Waals surface area (Å²) in [5.74, 6) is 0.515. The maximum atomic E-state index is 9.22. The molecule has 76 valence electrons. The van der Waals surface area contributed by atoms with E-state index in [1.54, 1.807) is 12.1 Å². The van der Waals surface area contributed by atoms with Crippen LogP contribution >= 0.6 is 11.6 Å². The lowest BCUT2D eigenvalue weighted by atomic mass is 10.0. The normalized spacial score (nSPS) is 28.9. The first kappa shape index (κ1) is 9.81. The molecule has 1 saturated carbocycles. The Morgan fingerprint density at radius 1 is 1.43 bits per heavy atom. The van der Waals surface area contributed by atoms with Crippen LogP contribution in [0.2, 0.25) is 5.02 Å². The molecule has 2 unspecified atom stereocenters. The van der Waals surface area contributed by atoms with Crippen molar-refractivity contribution in [2.75, 3.05) is 0 Å². The van der Waals surface area contributed by atoms with Crippen LogP contribution in [0.1, 0.15) is 25.3 Å². The summed E-state index contributed by atoms with van der Waals surface area (Å²) in [5, 5.41) is 9.83. The van der Waals surface area contributed by atoms with Crippen molar-refractivity contribution in [3.8, 4) is 5.75 Å². The van der Waals surface area contributed by atoms with Gasteiger partial charge in [0.05, 0.1) is 0 Å². The van der Waals surface area contributed by atoms with Crippen molar-refractivity contribution in [3.63, 3.8) is 0 Å². The molecule has 3 N–H and O–H groups in total. The molecule has 3 heteroatoms. The third kappa shape index (κ3) is 1.30. The Bertz CT molecular complexity index is 376. The first-order valence-electron chi connectivity index (χ1n) is 4.68. The van der Waals surface area contributed by atoms with E-state index in [0.29, 0.717) is 10.9 Å². The van der Waals surface area contributed by atoms with Crippen LogP contribution in [0.5, 0.6) is 5.75 Å². The molecular weight excluding hydrogens is 198 g/mol. The Morgan fingerprint density at radius 2 is 2.00 bits per heavy atom. The Labute approximate surface area is 88.7 Å². The monoisotopic (exact) mass is 211 g/mol. The zero-order chi connectivity index (χ0) is 10.5. The summed E-state index contributed by atoms with van der Waals surface area (Å²) >= 11 is 6.04. The van der Waals surface area contributed by atoms with Gasteiger partial charge in [0, 0.05) is 17.0 Å². The minimum absolute atomic E-state index is 0.126. The first-order chi connectivity index (χ1) is 6.44. The summed E-state index contributed by atoms with van der Waals surface area (Å²) < 4.78 is 0. The molecule has 2 nitrogen and oxygen atoms in total. The number of hydrogen-bond donors (Lipinski definition) is 2. The molecule has 0 saturated heterocycles. The van der Waals surface area contributed by atoms with Gasteiger partial charge in [0.15, 0.2) is 0 Å². The topological polar surface area (TPSA) is 46.2 Å². The predicted molar refractivity (Wildman–Crippen MR) is 57.6 cm³/mol. The minimum atomic E-state index is 0.126. The second kappa shape index (κ2) is 2.88. The lowest BCUT2D eigenvalue weighted by Gasteiger charge is -2.05. The van der Waals surface area contributed by atoms with Gasteiger partial charge in [0.25, 0.3) is 0 Å². The van der Waals surface area contributed by atoms with Gasteiger partial charge in [-0.05, 0) is 23.1 Å². The Hall–Kier alpha value is -0.730. The van der Waals surface area contributed by atoms with E-state index in [-0.39, 0.29) is 17.2 Å². The van der Waals surface area contributed by atoms with Crippen molar-refractivity contribution >= 4 is 11.6 Å². The second-order valence-corrected chi connectivity index (χ2v) is 4.94. The number of aromatic hydroxyl groups is 1. The Morgan fingerprint density at radius 3 is 2.43 bits per heavy atom. The molecule has 1 aliphatic carbocycles. The maximum absolute atomic E-state index is 9.22. The minimum Gasteiger partial charge on any atom is -0.508 e. The largest absolute Gasteiger partial charge is 0.508 e. The average Bonchev–Trinajstić information content (AvgIpc) is 2.54. The fraction of sp³-hybridized carbons (Fsp3) is 0.455. The number of halogens is 1. The molecule has 1 fully saturated rings. The van der Waals surface area contributed by atoms with Crippen LogP contribution in [0.3, 0.4) is 0 Å². The lowest BCUT2D eigenvalue weighted by molar-refractivity contribution is 0.475. The van der Waals surface area contributed by atoms with Gasteiger partial charge in [-0.15, -0.1) is 0 Å². The zero-order valence-electron chi connectivity index (χ0n) is 8.29. The van der Waals surface area contributed by atoms with Gasteiger partial charge in [-0.25, -0.2) is 0 Å². The van der Waals surface area contributed by atoms with E-state index in [0.717, 1.165) is 5.56 Å². The number of rotatable bonds is 1. The van der Waals surface area contributed by atoms with Crippen molar-refractivity contribution in [2.24, 2.45) is 11.1 Å². The molecule has 0 radical (unpaired) electrons. The molecule has 0 bridgehead atoms. The van der Waals surface area contributed by atoms with Gasteiger partial charge < -0.3 is 10.8 Å². The third-order valence-electron chi connectivity index (χ3n) is 3.23. The van der Waals surface area contributed by atoms with Gasteiger partial charge in [-0.2, -0.15) is 0 Å². The van der Waals surface area contributed by atoms with Crippen molar-refractivity contribution in [1.82, 2.24) is 0 Å². The molecule has 1 aliphatic rings. The summed E-state index contributed by atoms with van der Waals surface area (Å²) in [5.41, 5.74) is 7.13. The van der Waals surface area contributed by atoms with Crippen molar-refractivity contribution in [3.05, 3.63) is 28.8 Å². The lowest BCUT2D eigenvalue weighted by Crippen LogP contribution is -2.06. The summed E-state index contributed by atoms with van der Waals surface area (Å²) in [6.07, 6.45) is 0. The maximum Gasteiger partial charge on any atom is 0.117 e. The van der Waals surface area contributed by atoms with Crippen LogP contribution in [0.25, 0.3) is 0 Å². The molecule has 2 atom stereocenters. The van der Waals surface area contributed by atoms with Crippen molar-refractivity contribution < 1.29 is 5.11 Å². The van der Waals surface area contributed by atoms with E-state index in [4.69, 9.17) is 17.3 Å². The molecule has 1 aromatic rings. The van der Waals surface area contributed by atoms with Crippen LogP contribution in [0, 0.1) is 5.41 Å². The van der Waals surface area contributed by atoms with Gasteiger partial charge in [-0.1, -0.05) is 31.5 Å². The van der Waals surface area contributed by atoms with E-state index in [9.17, 15) is 5.11 Å². The molecule has 14 heavy (non-hydrogen) atoms. The van der Waals surface area contributed by atoms with Crippen LogP contribution < -0.4 is 5.73 Å². The molecule has 0 amide bonds. The molecule has 0 aliphatic heterocycles. The van der Waals surface area contributed by atoms with Crippen LogP contribution in [-0.2, 0) is 0 Å². The summed E-state index contributed by atoms with van der Waals surface area (Å²) in [6, 6.07) is 5.25. The Balaban J connectivity index is 2.36. The number of hydrogen-bond acceptors (Lipinski definition) is 2. The smallest absolute Gasteiger partial charge is 0.117 e. The van der Waals surface area contributed by atoms with E-state index in [1.807, 2.05) is 6.07 Å². The van der Waals surface area contributed by atoms with Gasteiger partial charge in [0.2, 0.25) is 0 Å². The Kier molecular flexibility index (Phi) is 2.02. The van der Waals surface area contributed by atoms with Gasteiger partial charge in [-0.3, -0.25) is 0 Å². The van der Waals surface area contributed by atoms with Crippen LogP contribution in [0.15, 0.2) is 18.2 Å². The third-order valence-corrected chi connectivity index (χ3v) is 3.56. The zero-order valence-corrected chi connectivity index (χ0v) is 9.05. The second-order valence-electron chi connectivity index (χ2n) is 4.53.